The van der Waals surface area contributed by atoms with Crippen LogP contribution in [0, 0.1) is 0 Å². The summed E-state index contributed by atoms with van der Waals surface area (Å²) in [6.45, 7) is 16.6. The molecule has 5 heterocycles. The Balaban J connectivity index is 0.000000164. The Morgan fingerprint density at radius 1 is 0.424 bits per heavy atom. The van der Waals surface area contributed by atoms with Crippen molar-refractivity contribution in [3.05, 3.63) is 281 Å². The first-order valence-electron chi connectivity index (χ1n) is 43.5. The van der Waals surface area contributed by atoms with Crippen LogP contribution in [0.25, 0.3) is 27.6 Å². The van der Waals surface area contributed by atoms with Crippen molar-refractivity contribution in [2.45, 2.75) is 158 Å². The Morgan fingerprint density at radius 3 is 1.19 bits per heavy atom. The lowest BCUT2D eigenvalue weighted by Gasteiger charge is -2.31. The van der Waals surface area contributed by atoms with Crippen LogP contribution in [0.15, 0.2) is 237 Å². The fourth-order valence-corrected chi connectivity index (χ4v) is 17.4. The van der Waals surface area contributed by atoms with Crippen LogP contribution in [-0.4, -0.2) is 201 Å². The molecule has 0 spiro atoms. The van der Waals surface area contributed by atoms with E-state index in [0.717, 1.165) is 118 Å². The number of likely N-dealkylation sites (tertiary alicyclic amines) is 2. The van der Waals surface area contributed by atoms with Crippen LogP contribution < -0.4 is 37.6 Å². The summed E-state index contributed by atoms with van der Waals surface area (Å²) in [5.41, 5.74) is 13.0. The summed E-state index contributed by atoms with van der Waals surface area (Å²) in [6.07, 6.45) is 17.3. The molecule has 14 rings (SSSR count). The highest BCUT2D eigenvalue weighted by molar-refractivity contribution is 6.30. The lowest BCUT2D eigenvalue weighted by molar-refractivity contribution is -0.134. The first-order chi connectivity index (χ1) is 57.7. The van der Waals surface area contributed by atoms with Crippen molar-refractivity contribution in [2.75, 3.05) is 105 Å². The van der Waals surface area contributed by atoms with Gasteiger partial charge in [0.05, 0.1) is 18.1 Å². The van der Waals surface area contributed by atoms with Gasteiger partial charge in [0.1, 0.15) is 0 Å². The van der Waals surface area contributed by atoms with Crippen LogP contribution in [0.4, 0.5) is 0 Å². The molecule has 8 N–H and O–H groups in total. The molecule has 5 fully saturated rings. The average Bonchev–Trinajstić information content (AvgIpc) is 0.878. The van der Waals surface area contributed by atoms with Crippen molar-refractivity contribution in [3.8, 4) is 0 Å². The molecule has 118 heavy (non-hydrogen) atoms. The number of nitrogens with one attached hydrogen (secondary N) is 6. The van der Waals surface area contributed by atoms with E-state index in [9.17, 15) is 28.8 Å². The van der Waals surface area contributed by atoms with Gasteiger partial charge in [-0.25, -0.2) is 0 Å². The molecule has 1 unspecified atom stereocenters. The van der Waals surface area contributed by atoms with E-state index in [0.29, 0.717) is 93.3 Å². The number of fused-ring (bicyclic) bond motifs is 2. The number of halogens is 1. The number of nitrogens with zero attached hydrogens (tertiary/aromatic N) is 5. The zero-order valence-electron chi connectivity index (χ0n) is 69.1. The van der Waals surface area contributed by atoms with Crippen LogP contribution in [0.3, 0.4) is 0 Å². The highest BCUT2D eigenvalue weighted by atomic mass is 35.5. The normalized spacial score (nSPS) is 20.2. The Kier molecular flexibility index (Phi) is 34.0. The van der Waals surface area contributed by atoms with Gasteiger partial charge in [-0.05, 0) is 202 Å². The summed E-state index contributed by atoms with van der Waals surface area (Å²) < 4.78 is 0. The molecule has 9 aromatic rings. The Bertz CT molecular complexity index is 4610. The van der Waals surface area contributed by atoms with Crippen LogP contribution in [0.1, 0.15) is 170 Å². The topological polar surface area (TPSA) is 217 Å². The van der Waals surface area contributed by atoms with Gasteiger partial charge in [0.25, 0.3) is 11.8 Å². The second kappa shape index (κ2) is 45.9. The smallest absolute Gasteiger partial charge is 0.251 e. The number of hydrogen-bond donors (Lipinski definition) is 7. The van der Waals surface area contributed by atoms with E-state index in [1.165, 1.54) is 60.8 Å². The van der Waals surface area contributed by atoms with E-state index in [1.807, 2.05) is 132 Å². The van der Waals surface area contributed by atoms with Gasteiger partial charge in [0, 0.05) is 130 Å². The lowest BCUT2D eigenvalue weighted by atomic mass is 9.90. The van der Waals surface area contributed by atoms with E-state index in [2.05, 4.69) is 168 Å². The van der Waals surface area contributed by atoms with Crippen molar-refractivity contribution in [1.29, 1.82) is 0 Å². The third kappa shape index (κ3) is 26.1. The summed E-state index contributed by atoms with van der Waals surface area (Å²) in [7, 11) is 0. The molecule has 5 saturated heterocycles. The Labute approximate surface area is 704 Å². The fraction of sp³-hybridized carbons (Fsp3) is 0.414. The highest BCUT2D eigenvalue weighted by Crippen LogP contribution is 2.30. The Morgan fingerprint density at radius 2 is 0.788 bits per heavy atom. The number of hydrogen-bond acceptors (Lipinski definition) is 12. The largest absolute Gasteiger partial charge is 0.351 e. The standard InChI is InChI=1S/C36H43ClN4O2.C34H44N4O2.C29H36N4O2/c37-31-17-14-28(15-18-31)16-19-35(42)38-26-32-20-25-41(36(43)34(39-32)21-24-40-22-8-3-9-23-40)27-33(29-10-4-1-5-11-29)30-12-6-2-7-13-30;1-2-26(27-11-5-3-6-12-27)25-38-22-17-31(36-32(34(38)40)18-21-37-19-9-4-10-20-37)24-35-33(39)30-16-15-28-13-7-8-14-29(28)23-30;1-2-21(22-8-4-3-5-9-22)20-33-17-15-26(32-27(14-16-30)29(33)35)19-31-28(34)25-13-12-23-10-6-7-11-24(23)18-25/h1-2,4-7,10-19,32-34,39H,3,8-9,20-27H2,(H,38,42);3,5-8,11-16,23,26,31-32,36H,2,4,9-10,17-22,24-25H2,1H3,(H,35,39);3-13,18,21,26-27,32H,2,14-17,19-20,30H2,1H3,(H,31,34)/b19-16+;;/t32-,34-;26-,31+,32+;21?,26-,27-/m010/s1. The molecule has 19 heteroatoms. The van der Waals surface area contributed by atoms with Gasteiger partial charge in [-0.15, -0.1) is 0 Å². The maximum absolute atomic E-state index is 14.1. The van der Waals surface area contributed by atoms with Crippen molar-refractivity contribution >= 4 is 74.7 Å². The molecule has 5 aliphatic heterocycles. The van der Waals surface area contributed by atoms with E-state index >= 15 is 0 Å². The predicted molar refractivity (Wildman–Crippen MR) is 479 cm³/mol. The molecular weight excluding hydrogens is 1490 g/mol. The number of carbonyl (C=O) groups excluding carboxylic acids is 6. The van der Waals surface area contributed by atoms with Gasteiger partial charge in [-0.1, -0.05) is 232 Å². The number of benzene rings is 9. The molecular formula is C99H123ClN12O6. The molecule has 8 atom stereocenters. The summed E-state index contributed by atoms with van der Waals surface area (Å²) in [5, 5.41) is 25.1. The van der Waals surface area contributed by atoms with Crippen molar-refractivity contribution < 1.29 is 28.8 Å². The van der Waals surface area contributed by atoms with Crippen LogP contribution in [0.5, 0.6) is 0 Å². The zero-order valence-corrected chi connectivity index (χ0v) is 69.9. The first kappa shape index (κ1) is 87.4. The number of amides is 6. The quantitative estimate of drug-likeness (QED) is 0.0209. The molecule has 622 valence electrons. The second-order valence-corrected chi connectivity index (χ2v) is 32.9. The van der Waals surface area contributed by atoms with Crippen LogP contribution in [-0.2, 0) is 19.2 Å². The van der Waals surface area contributed by atoms with Crippen LogP contribution >= 0.6 is 11.6 Å². The molecule has 0 saturated carbocycles. The van der Waals surface area contributed by atoms with Crippen LogP contribution in [0.2, 0.25) is 5.02 Å². The number of piperidine rings is 2. The molecule has 18 nitrogen and oxygen atoms in total. The van der Waals surface area contributed by atoms with E-state index in [-0.39, 0.29) is 77.6 Å². The van der Waals surface area contributed by atoms with Crippen molar-refractivity contribution in [2.24, 2.45) is 5.73 Å². The van der Waals surface area contributed by atoms with Gasteiger partial charge >= 0.3 is 0 Å². The van der Waals surface area contributed by atoms with Crippen molar-refractivity contribution in [1.82, 2.24) is 56.4 Å². The molecule has 0 radical (unpaired) electrons. The molecule has 9 aromatic carbocycles. The second-order valence-electron chi connectivity index (χ2n) is 32.5. The SMILES string of the molecule is CCC(CN1CC[C@@H](CNC(=O)c2ccc3ccccc3c2)N[C@@H](CCN)C1=O)c1ccccc1.CC[C@H](CN1CC[C@@H](CNC(=O)c2ccc3ccccc3c2)N[C@@H](CCN2CCCCC2)C1=O)c1ccccc1.O=C(/C=C/c1ccc(Cl)cc1)NC[C@@H]1CCN(CC(c2ccccc2)c2ccccc2)C(=O)[C@H](CCN2CCCCC2)N1. The third-order valence-electron chi connectivity index (χ3n) is 24.3. The lowest BCUT2D eigenvalue weighted by Crippen LogP contribution is -2.50. The summed E-state index contributed by atoms with van der Waals surface area (Å²) in [6, 6.07) is 76.2. The molecule has 6 amide bonds. The third-order valence-corrected chi connectivity index (χ3v) is 24.5. The average molecular weight is 1610 g/mol. The minimum Gasteiger partial charge on any atom is -0.351 e. The van der Waals surface area contributed by atoms with Gasteiger partial charge in [0.15, 0.2) is 0 Å². The van der Waals surface area contributed by atoms with E-state index < -0.39 is 0 Å². The molecule has 0 aromatic heterocycles. The summed E-state index contributed by atoms with van der Waals surface area (Å²) >= 11 is 5.97. The van der Waals surface area contributed by atoms with Gasteiger partial charge in [-0.2, -0.15) is 0 Å². The maximum Gasteiger partial charge on any atom is 0.251 e. The predicted octanol–water partition coefficient (Wildman–Crippen LogP) is 14.6. The minimum absolute atomic E-state index is 0.0000818. The number of rotatable bonds is 30. The first-order valence-corrected chi connectivity index (χ1v) is 43.9. The number of carbonyl (C=O) groups is 6. The number of nitrogens with two attached hydrogens (primary N) is 1. The molecule has 5 aliphatic rings. The van der Waals surface area contributed by atoms with Gasteiger partial charge < -0.3 is 62.1 Å². The van der Waals surface area contributed by atoms with Gasteiger partial charge in [0.2, 0.25) is 23.6 Å². The monoisotopic (exact) mass is 1610 g/mol. The molecule has 0 bridgehead atoms. The van der Waals surface area contributed by atoms with E-state index in [4.69, 9.17) is 17.3 Å². The Hall–Kier alpha value is -9.89. The molecule has 0 aliphatic carbocycles. The van der Waals surface area contributed by atoms with Gasteiger partial charge in [-0.3, -0.25) is 28.8 Å². The van der Waals surface area contributed by atoms with E-state index in [1.54, 1.807) is 12.2 Å². The minimum atomic E-state index is -0.335. The fourth-order valence-electron chi connectivity index (χ4n) is 17.3. The highest BCUT2D eigenvalue weighted by Gasteiger charge is 2.37. The zero-order chi connectivity index (χ0) is 82.2. The summed E-state index contributed by atoms with van der Waals surface area (Å²) in [5.74, 6) is 0.842. The summed E-state index contributed by atoms with van der Waals surface area (Å²) in [4.78, 5) is 91.1. The van der Waals surface area contributed by atoms with Crippen molar-refractivity contribution in [3.63, 3.8) is 0 Å². The maximum atomic E-state index is 14.1.